The fraction of sp³-hybridized carbons (Fsp3) is 0.364. The zero-order chi connectivity index (χ0) is 11.4. The van der Waals surface area contributed by atoms with E-state index in [1.165, 1.54) is 0 Å². The topological polar surface area (TPSA) is 46.5 Å². The number of carbonyl (C=O) groups is 1. The van der Waals surface area contributed by atoms with Crippen LogP contribution >= 0.6 is 11.6 Å². The Labute approximate surface area is 93.6 Å². The predicted molar refractivity (Wildman–Crippen MR) is 58.2 cm³/mol. The van der Waals surface area contributed by atoms with Crippen LogP contribution < -0.4 is 0 Å². The molecule has 1 aromatic rings. The first-order chi connectivity index (χ1) is 7.06. The lowest BCUT2D eigenvalue weighted by atomic mass is 10.0. The molecule has 0 saturated heterocycles. The zero-order valence-corrected chi connectivity index (χ0v) is 9.41. The van der Waals surface area contributed by atoms with Gasteiger partial charge in [-0.3, -0.25) is 0 Å². The van der Waals surface area contributed by atoms with E-state index >= 15 is 0 Å². The van der Waals surface area contributed by atoms with E-state index in [9.17, 15) is 4.79 Å². The summed E-state index contributed by atoms with van der Waals surface area (Å²) in [4.78, 5) is 11.0. The molecule has 0 amide bonds. The van der Waals surface area contributed by atoms with Gasteiger partial charge < -0.3 is 9.84 Å². The van der Waals surface area contributed by atoms with E-state index in [-0.39, 0.29) is 0 Å². The van der Waals surface area contributed by atoms with Crippen LogP contribution in [-0.4, -0.2) is 17.7 Å². The van der Waals surface area contributed by atoms with Crippen molar-refractivity contribution in [3.63, 3.8) is 0 Å². The molecule has 1 N–H and O–H groups in total. The first kappa shape index (κ1) is 12.0. The molecule has 0 aliphatic heterocycles. The predicted octanol–water partition coefficient (Wildman–Crippen LogP) is 2.81. The van der Waals surface area contributed by atoms with Crippen LogP contribution in [0.25, 0.3) is 0 Å². The van der Waals surface area contributed by atoms with Gasteiger partial charge in [-0.1, -0.05) is 17.7 Å². The molecule has 1 atom stereocenters. The molecule has 0 aromatic heterocycles. The number of aliphatic carboxylic acids is 1. The summed E-state index contributed by atoms with van der Waals surface area (Å²) >= 11 is 5.79. The third-order valence-corrected chi connectivity index (χ3v) is 2.31. The van der Waals surface area contributed by atoms with Crippen LogP contribution in [0.2, 0.25) is 5.02 Å². The summed E-state index contributed by atoms with van der Waals surface area (Å²) in [6.07, 6.45) is -0.910. The number of carboxylic acid groups (broad SMARTS) is 1. The Morgan fingerprint density at radius 2 is 2.27 bits per heavy atom. The zero-order valence-electron chi connectivity index (χ0n) is 8.66. The second-order valence-corrected chi connectivity index (χ2v) is 3.61. The van der Waals surface area contributed by atoms with E-state index in [1.807, 2.05) is 6.92 Å². The summed E-state index contributed by atoms with van der Waals surface area (Å²) in [6, 6.07) is 5.08. The van der Waals surface area contributed by atoms with Crippen molar-refractivity contribution in [2.45, 2.75) is 20.0 Å². The second kappa shape index (κ2) is 5.14. The van der Waals surface area contributed by atoms with Gasteiger partial charge in [-0.2, -0.15) is 0 Å². The standard InChI is InChI=1S/C11H13ClO3/c1-3-15-10(11(13)14)9-5-4-8(12)6-7(9)2/h4-6,10H,3H2,1-2H3,(H,13,14). The smallest absolute Gasteiger partial charge is 0.337 e. The third-order valence-electron chi connectivity index (χ3n) is 2.07. The monoisotopic (exact) mass is 228 g/mol. The molecule has 0 bridgehead atoms. The quantitative estimate of drug-likeness (QED) is 0.862. The fourth-order valence-electron chi connectivity index (χ4n) is 1.39. The molecule has 1 unspecified atom stereocenters. The molecule has 0 fully saturated rings. The van der Waals surface area contributed by atoms with E-state index in [1.54, 1.807) is 25.1 Å². The van der Waals surface area contributed by atoms with Crippen molar-refractivity contribution in [1.29, 1.82) is 0 Å². The maximum atomic E-state index is 11.0. The van der Waals surface area contributed by atoms with E-state index in [2.05, 4.69) is 0 Å². The van der Waals surface area contributed by atoms with Gasteiger partial charge in [0.1, 0.15) is 0 Å². The van der Waals surface area contributed by atoms with Crippen LogP contribution in [0.1, 0.15) is 24.2 Å². The lowest BCUT2D eigenvalue weighted by molar-refractivity contribution is -0.150. The van der Waals surface area contributed by atoms with Crippen LogP contribution in [0.4, 0.5) is 0 Å². The van der Waals surface area contributed by atoms with E-state index in [0.29, 0.717) is 17.2 Å². The molecule has 0 heterocycles. The lowest BCUT2D eigenvalue weighted by Gasteiger charge is -2.15. The highest BCUT2D eigenvalue weighted by atomic mass is 35.5. The normalized spacial score (nSPS) is 12.5. The third kappa shape index (κ3) is 2.94. The van der Waals surface area contributed by atoms with Gasteiger partial charge in [-0.05, 0) is 37.1 Å². The van der Waals surface area contributed by atoms with Crippen molar-refractivity contribution in [2.75, 3.05) is 6.61 Å². The lowest BCUT2D eigenvalue weighted by Crippen LogP contribution is -2.16. The van der Waals surface area contributed by atoms with Gasteiger partial charge in [0.2, 0.25) is 0 Å². The number of hydrogen-bond acceptors (Lipinski definition) is 2. The Bertz CT molecular complexity index is 363. The minimum absolute atomic E-state index is 0.360. The number of rotatable bonds is 4. The highest BCUT2D eigenvalue weighted by Gasteiger charge is 2.21. The maximum absolute atomic E-state index is 11.0. The molecule has 1 rings (SSSR count). The average molecular weight is 229 g/mol. The summed E-state index contributed by atoms with van der Waals surface area (Å²) in [6.45, 7) is 3.94. The second-order valence-electron chi connectivity index (χ2n) is 3.17. The van der Waals surface area contributed by atoms with E-state index in [0.717, 1.165) is 5.56 Å². The van der Waals surface area contributed by atoms with Crippen LogP contribution in [0, 0.1) is 6.92 Å². The first-order valence-corrected chi connectivity index (χ1v) is 5.04. The number of hydrogen-bond donors (Lipinski definition) is 1. The van der Waals surface area contributed by atoms with Crippen molar-refractivity contribution in [2.24, 2.45) is 0 Å². The van der Waals surface area contributed by atoms with Gasteiger partial charge >= 0.3 is 5.97 Å². The van der Waals surface area contributed by atoms with Gasteiger partial charge in [0.05, 0.1) is 0 Å². The van der Waals surface area contributed by atoms with Crippen LogP contribution in [0.3, 0.4) is 0 Å². The Hall–Kier alpha value is -1.06. The van der Waals surface area contributed by atoms with Gasteiger partial charge in [0, 0.05) is 11.6 Å². The summed E-state index contributed by atoms with van der Waals surface area (Å²) < 4.78 is 5.17. The molecule has 4 heteroatoms. The summed E-state index contributed by atoms with van der Waals surface area (Å²) in [7, 11) is 0. The molecule has 1 aromatic carbocycles. The Kier molecular flexibility index (Phi) is 4.12. The number of ether oxygens (including phenoxy) is 1. The van der Waals surface area contributed by atoms with Crippen molar-refractivity contribution in [3.8, 4) is 0 Å². The van der Waals surface area contributed by atoms with Crippen molar-refractivity contribution < 1.29 is 14.6 Å². The van der Waals surface area contributed by atoms with Gasteiger partial charge in [-0.25, -0.2) is 4.79 Å². The van der Waals surface area contributed by atoms with Gasteiger partial charge in [-0.15, -0.1) is 0 Å². The molecule has 15 heavy (non-hydrogen) atoms. The SMILES string of the molecule is CCOC(C(=O)O)c1ccc(Cl)cc1C. The minimum Gasteiger partial charge on any atom is -0.479 e. The largest absolute Gasteiger partial charge is 0.479 e. The molecule has 0 aliphatic rings. The Morgan fingerprint density at radius 3 is 2.73 bits per heavy atom. The van der Waals surface area contributed by atoms with Crippen LogP contribution in [0.15, 0.2) is 18.2 Å². The van der Waals surface area contributed by atoms with Gasteiger partial charge in [0.15, 0.2) is 6.10 Å². The molecule has 0 spiro atoms. The van der Waals surface area contributed by atoms with Crippen molar-refractivity contribution >= 4 is 17.6 Å². The van der Waals surface area contributed by atoms with E-state index < -0.39 is 12.1 Å². The Balaban J connectivity index is 3.05. The van der Waals surface area contributed by atoms with Crippen molar-refractivity contribution in [1.82, 2.24) is 0 Å². The highest BCUT2D eigenvalue weighted by Crippen LogP contribution is 2.24. The summed E-state index contributed by atoms with van der Waals surface area (Å²) in [5.74, 6) is -0.984. The first-order valence-electron chi connectivity index (χ1n) is 4.66. The summed E-state index contributed by atoms with van der Waals surface area (Å²) in [5.41, 5.74) is 1.47. The fourth-order valence-corrected chi connectivity index (χ4v) is 1.62. The molecular weight excluding hydrogens is 216 g/mol. The summed E-state index contributed by atoms with van der Waals surface area (Å²) in [5, 5.41) is 9.59. The number of benzene rings is 1. The van der Waals surface area contributed by atoms with Crippen LogP contribution in [0.5, 0.6) is 0 Å². The number of aryl methyl sites for hydroxylation is 1. The Morgan fingerprint density at radius 1 is 1.60 bits per heavy atom. The molecule has 82 valence electrons. The highest BCUT2D eigenvalue weighted by molar-refractivity contribution is 6.30. The van der Waals surface area contributed by atoms with E-state index in [4.69, 9.17) is 21.4 Å². The molecule has 0 radical (unpaired) electrons. The molecular formula is C11H13ClO3. The molecule has 3 nitrogen and oxygen atoms in total. The van der Waals surface area contributed by atoms with Crippen molar-refractivity contribution in [3.05, 3.63) is 34.3 Å². The average Bonchev–Trinajstić information content (AvgIpc) is 2.15. The van der Waals surface area contributed by atoms with Gasteiger partial charge in [0.25, 0.3) is 0 Å². The van der Waals surface area contributed by atoms with Crippen LogP contribution in [-0.2, 0) is 9.53 Å². The number of halogens is 1. The minimum atomic E-state index is -0.984. The maximum Gasteiger partial charge on any atom is 0.337 e. The molecule has 0 saturated carbocycles. The molecule has 0 aliphatic carbocycles. The number of carboxylic acids is 1.